The van der Waals surface area contributed by atoms with Crippen LogP contribution in [0, 0.1) is 10.1 Å². The molecule has 0 aromatic heterocycles. The molecular weight excluding hydrogens is 188 g/mol. The Balaban J connectivity index is 2.34. The van der Waals surface area contributed by atoms with Crippen LogP contribution in [0.2, 0.25) is 0 Å². The van der Waals surface area contributed by atoms with Crippen molar-refractivity contribution in [2.75, 3.05) is 13.1 Å². The number of ether oxygens (including phenoxy) is 1. The van der Waals surface area contributed by atoms with E-state index in [0.29, 0.717) is 0 Å². The lowest BCUT2D eigenvalue weighted by atomic mass is 10.1. The first-order chi connectivity index (χ1) is 6.29. The van der Waals surface area contributed by atoms with Gasteiger partial charge in [-0.15, -0.1) is 0 Å². The Morgan fingerprint density at radius 2 is 2.00 bits per heavy atom. The van der Waals surface area contributed by atoms with Crippen molar-refractivity contribution in [3.63, 3.8) is 0 Å². The molecule has 1 amide bonds. The smallest absolute Gasteiger partial charge is 0.410 e. The summed E-state index contributed by atoms with van der Waals surface area (Å²) in [6, 6.07) is -0.623. The highest BCUT2D eigenvalue weighted by atomic mass is 16.6. The quantitative estimate of drug-likeness (QED) is 0.467. The summed E-state index contributed by atoms with van der Waals surface area (Å²) < 4.78 is 5.03. The van der Waals surface area contributed by atoms with E-state index in [1.807, 2.05) is 0 Å². The minimum Gasteiger partial charge on any atom is -0.444 e. The number of nitro groups is 1. The maximum Gasteiger partial charge on any atom is 0.410 e. The van der Waals surface area contributed by atoms with Crippen LogP contribution in [0.25, 0.3) is 0 Å². The lowest BCUT2D eigenvalue weighted by Crippen LogP contribution is -2.57. The molecule has 0 aromatic rings. The van der Waals surface area contributed by atoms with Crippen LogP contribution in [-0.4, -0.2) is 40.6 Å². The van der Waals surface area contributed by atoms with Gasteiger partial charge in [0.25, 0.3) is 0 Å². The normalized spacial score (nSPS) is 17.5. The molecule has 6 heteroatoms. The molecule has 0 N–H and O–H groups in total. The summed E-state index contributed by atoms with van der Waals surface area (Å²) in [5.41, 5.74) is -0.545. The van der Waals surface area contributed by atoms with Gasteiger partial charge in [0.1, 0.15) is 5.60 Å². The number of nitrogens with zero attached hydrogens (tertiary/aromatic N) is 2. The number of carbonyl (C=O) groups is 1. The number of likely N-dealkylation sites (tertiary alicyclic amines) is 1. The fourth-order valence-electron chi connectivity index (χ4n) is 1.06. The highest BCUT2D eigenvalue weighted by molar-refractivity contribution is 5.69. The van der Waals surface area contributed by atoms with E-state index in [1.54, 1.807) is 20.8 Å². The first-order valence-electron chi connectivity index (χ1n) is 4.41. The number of amides is 1. The third kappa shape index (κ3) is 2.58. The van der Waals surface area contributed by atoms with Crippen LogP contribution in [0.15, 0.2) is 0 Å². The SMILES string of the molecule is CC(C)(C)OC(=O)N1CC([N+](=O)[O-])C1. The fourth-order valence-corrected chi connectivity index (χ4v) is 1.06. The molecule has 0 aromatic carbocycles. The molecule has 14 heavy (non-hydrogen) atoms. The summed E-state index contributed by atoms with van der Waals surface area (Å²) >= 11 is 0. The Kier molecular flexibility index (Phi) is 2.64. The summed E-state index contributed by atoms with van der Waals surface area (Å²) in [6.07, 6.45) is -0.476. The first-order valence-corrected chi connectivity index (χ1v) is 4.41. The van der Waals surface area contributed by atoms with Crippen LogP contribution in [-0.2, 0) is 4.74 Å². The van der Waals surface area contributed by atoms with Crippen molar-refractivity contribution in [1.29, 1.82) is 0 Å². The molecule has 0 bridgehead atoms. The standard InChI is InChI=1S/C8H14N2O4/c1-8(2,3)14-7(11)9-4-6(5-9)10(12)13/h6H,4-5H2,1-3H3. The van der Waals surface area contributed by atoms with Gasteiger partial charge in [-0.25, -0.2) is 4.79 Å². The van der Waals surface area contributed by atoms with E-state index in [0.717, 1.165) is 0 Å². The Morgan fingerprint density at radius 1 is 1.50 bits per heavy atom. The van der Waals surface area contributed by atoms with Crippen molar-refractivity contribution < 1.29 is 14.5 Å². The second kappa shape index (κ2) is 3.43. The molecule has 1 saturated heterocycles. The molecule has 1 aliphatic heterocycles. The predicted molar refractivity (Wildman–Crippen MR) is 48.6 cm³/mol. The summed E-state index contributed by atoms with van der Waals surface area (Å²) in [6.45, 7) is 5.59. The molecule has 1 rings (SSSR count). The van der Waals surface area contributed by atoms with Gasteiger partial charge in [-0.1, -0.05) is 0 Å². The molecule has 0 aliphatic carbocycles. The van der Waals surface area contributed by atoms with Crippen molar-refractivity contribution in [2.45, 2.75) is 32.4 Å². The van der Waals surface area contributed by atoms with E-state index >= 15 is 0 Å². The summed E-state index contributed by atoms with van der Waals surface area (Å²) in [7, 11) is 0. The molecule has 80 valence electrons. The number of carbonyl (C=O) groups excluding carboxylic acids is 1. The zero-order valence-corrected chi connectivity index (χ0v) is 8.52. The third-order valence-corrected chi connectivity index (χ3v) is 1.81. The highest BCUT2D eigenvalue weighted by Gasteiger charge is 2.40. The maximum absolute atomic E-state index is 11.3. The maximum atomic E-state index is 11.3. The lowest BCUT2D eigenvalue weighted by Gasteiger charge is -2.34. The molecule has 1 aliphatic rings. The summed E-state index contributed by atoms with van der Waals surface area (Å²) in [5.74, 6) is 0. The molecule has 0 atom stereocenters. The average molecular weight is 202 g/mol. The van der Waals surface area contributed by atoms with Crippen LogP contribution in [0.4, 0.5) is 4.79 Å². The largest absolute Gasteiger partial charge is 0.444 e. The zero-order chi connectivity index (χ0) is 10.9. The van der Waals surface area contributed by atoms with Gasteiger partial charge in [0, 0.05) is 4.92 Å². The summed E-state index contributed by atoms with van der Waals surface area (Å²) in [4.78, 5) is 22.5. The monoisotopic (exact) mass is 202 g/mol. The van der Waals surface area contributed by atoms with Crippen LogP contribution >= 0.6 is 0 Å². The van der Waals surface area contributed by atoms with E-state index in [-0.39, 0.29) is 18.0 Å². The van der Waals surface area contributed by atoms with Crippen molar-refractivity contribution in [3.8, 4) is 0 Å². The van der Waals surface area contributed by atoms with Gasteiger partial charge in [-0.3, -0.25) is 15.0 Å². The van der Waals surface area contributed by atoms with E-state index in [9.17, 15) is 14.9 Å². The second-order valence-electron chi connectivity index (χ2n) is 4.32. The Hall–Kier alpha value is -1.33. The topological polar surface area (TPSA) is 72.7 Å². The Labute approximate surface area is 82.0 Å². The third-order valence-electron chi connectivity index (χ3n) is 1.81. The van der Waals surface area contributed by atoms with E-state index in [1.165, 1.54) is 4.90 Å². The van der Waals surface area contributed by atoms with E-state index < -0.39 is 17.7 Å². The van der Waals surface area contributed by atoms with Gasteiger partial charge in [0.05, 0.1) is 13.1 Å². The van der Waals surface area contributed by atoms with Gasteiger partial charge in [0.15, 0.2) is 0 Å². The van der Waals surface area contributed by atoms with Gasteiger partial charge >= 0.3 is 6.09 Å². The van der Waals surface area contributed by atoms with Gasteiger partial charge in [-0.2, -0.15) is 0 Å². The minimum atomic E-state index is -0.623. The number of hydrogen-bond donors (Lipinski definition) is 0. The first kappa shape index (κ1) is 10.7. The summed E-state index contributed by atoms with van der Waals surface area (Å²) in [5, 5.41) is 10.3. The Morgan fingerprint density at radius 3 is 2.36 bits per heavy atom. The van der Waals surface area contributed by atoms with Crippen LogP contribution < -0.4 is 0 Å². The van der Waals surface area contributed by atoms with Crippen LogP contribution in [0.3, 0.4) is 0 Å². The number of rotatable bonds is 1. The van der Waals surface area contributed by atoms with Crippen LogP contribution in [0.5, 0.6) is 0 Å². The second-order valence-corrected chi connectivity index (χ2v) is 4.32. The average Bonchev–Trinajstić information content (AvgIpc) is 1.75. The Bertz CT molecular complexity index is 253. The lowest BCUT2D eigenvalue weighted by molar-refractivity contribution is -0.537. The number of hydrogen-bond acceptors (Lipinski definition) is 4. The van der Waals surface area contributed by atoms with Crippen LogP contribution in [0.1, 0.15) is 20.8 Å². The minimum absolute atomic E-state index is 0.155. The van der Waals surface area contributed by atoms with Crippen molar-refractivity contribution in [3.05, 3.63) is 10.1 Å². The molecular formula is C8H14N2O4. The zero-order valence-electron chi connectivity index (χ0n) is 8.52. The van der Waals surface area contributed by atoms with Gasteiger partial charge < -0.3 is 4.74 Å². The van der Waals surface area contributed by atoms with Crippen molar-refractivity contribution in [1.82, 2.24) is 4.90 Å². The highest BCUT2D eigenvalue weighted by Crippen LogP contribution is 2.16. The predicted octanol–water partition coefficient (Wildman–Crippen LogP) is 0.882. The van der Waals surface area contributed by atoms with Crippen molar-refractivity contribution >= 4 is 6.09 Å². The van der Waals surface area contributed by atoms with E-state index in [4.69, 9.17) is 4.74 Å². The molecule has 0 unspecified atom stereocenters. The van der Waals surface area contributed by atoms with Crippen molar-refractivity contribution in [2.24, 2.45) is 0 Å². The molecule has 1 heterocycles. The fraction of sp³-hybridized carbons (Fsp3) is 0.875. The molecule has 1 fully saturated rings. The molecule has 0 radical (unpaired) electrons. The van der Waals surface area contributed by atoms with Gasteiger partial charge in [0.2, 0.25) is 6.04 Å². The van der Waals surface area contributed by atoms with E-state index in [2.05, 4.69) is 0 Å². The molecule has 0 saturated carbocycles. The van der Waals surface area contributed by atoms with Gasteiger partial charge in [-0.05, 0) is 20.8 Å². The molecule has 0 spiro atoms. The molecule has 6 nitrogen and oxygen atoms in total.